The molecule has 0 radical (unpaired) electrons. The molecule has 0 spiro atoms. The molecule has 3 aromatic rings. The minimum absolute atomic E-state index is 0.166. The molecule has 36 heavy (non-hydrogen) atoms. The Labute approximate surface area is 209 Å². The van der Waals surface area contributed by atoms with Crippen molar-refractivity contribution in [2.75, 3.05) is 65.0 Å². The van der Waals surface area contributed by atoms with Gasteiger partial charge in [0.1, 0.15) is 5.75 Å². The summed E-state index contributed by atoms with van der Waals surface area (Å²) in [6.45, 7) is 5.74. The van der Waals surface area contributed by atoms with Crippen LogP contribution in [0.3, 0.4) is 0 Å². The number of benzene rings is 2. The van der Waals surface area contributed by atoms with Crippen LogP contribution in [0.4, 0.5) is 5.69 Å². The van der Waals surface area contributed by atoms with E-state index in [-0.39, 0.29) is 19.1 Å². The van der Waals surface area contributed by atoms with Crippen LogP contribution in [0.25, 0.3) is 10.9 Å². The van der Waals surface area contributed by atoms with Crippen molar-refractivity contribution in [2.24, 2.45) is 0 Å². The maximum absolute atomic E-state index is 12.6. The maximum Gasteiger partial charge on any atom is 0.328 e. The van der Waals surface area contributed by atoms with E-state index in [1.54, 1.807) is 25.3 Å². The van der Waals surface area contributed by atoms with Crippen LogP contribution in [0.5, 0.6) is 5.75 Å². The monoisotopic (exact) mass is 495 g/mol. The first-order chi connectivity index (χ1) is 17.5. The van der Waals surface area contributed by atoms with E-state index in [9.17, 15) is 14.4 Å². The first kappa shape index (κ1) is 25.5. The molecule has 1 aromatic heterocycles. The summed E-state index contributed by atoms with van der Waals surface area (Å²) in [5.41, 5.74) is 1.04. The number of piperazine rings is 1. The smallest absolute Gasteiger partial charge is 0.328 e. The molecule has 2 heterocycles. The Bertz CT molecular complexity index is 1290. The molecule has 4 rings (SSSR count). The lowest BCUT2D eigenvalue weighted by atomic mass is 10.1. The molecule has 1 fully saturated rings. The number of H-pyrrole nitrogens is 1. The largest absolute Gasteiger partial charge is 0.497 e. The molecule has 1 saturated heterocycles. The molecule has 0 atom stereocenters. The number of carbonyl (C=O) groups excluding carboxylic acids is 1. The van der Waals surface area contributed by atoms with Crippen molar-refractivity contribution in [1.29, 1.82) is 0 Å². The highest BCUT2D eigenvalue weighted by atomic mass is 16.5. The molecular weight excluding hydrogens is 462 g/mol. The van der Waals surface area contributed by atoms with E-state index in [0.29, 0.717) is 23.0 Å². The summed E-state index contributed by atoms with van der Waals surface area (Å²) in [6, 6.07) is 12.9. The van der Waals surface area contributed by atoms with Crippen LogP contribution in [0.1, 0.15) is 16.8 Å². The first-order valence-electron chi connectivity index (χ1n) is 12.2. The van der Waals surface area contributed by atoms with Crippen LogP contribution in [0, 0.1) is 0 Å². The van der Waals surface area contributed by atoms with Crippen LogP contribution in [-0.4, -0.2) is 80.5 Å². The average Bonchev–Trinajstić information content (AvgIpc) is 2.91. The molecule has 10 nitrogen and oxygen atoms in total. The number of carbonyl (C=O) groups is 1. The average molecular weight is 496 g/mol. The van der Waals surface area contributed by atoms with Crippen LogP contribution in [0.2, 0.25) is 0 Å². The summed E-state index contributed by atoms with van der Waals surface area (Å²) in [5, 5.41) is 3.29. The van der Waals surface area contributed by atoms with Gasteiger partial charge in [-0.3, -0.25) is 19.1 Å². The zero-order valence-electron chi connectivity index (χ0n) is 20.8. The number of nitrogens with one attached hydrogen (secondary N) is 2. The summed E-state index contributed by atoms with van der Waals surface area (Å²) >= 11 is 0. The topological polar surface area (TPSA) is 109 Å². The minimum Gasteiger partial charge on any atom is -0.497 e. The number of hydrogen-bond donors (Lipinski definition) is 2. The van der Waals surface area contributed by atoms with E-state index < -0.39 is 11.2 Å². The molecule has 2 aromatic carbocycles. The molecule has 1 aliphatic heterocycles. The van der Waals surface area contributed by atoms with Gasteiger partial charge in [0.15, 0.2) is 0 Å². The van der Waals surface area contributed by atoms with Gasteiger partial charge in [0.2, 0.25) is 0 Å². The summed E-state index contributed by atoms with van der Waals surface area (Å²) < 4.78 is 11.3. The Morgan fingerprint density at radius 3 is 2.44 bits per heavy atom. The lowest BCUT2D eigenvalue weighted by molar-refractivity contribution is 0.0951. The molecule has 10 heteroatoms. The number of rotatable bonds is 10. The fourth-order valence-electron chi connectivity index (χ4n) is 4.41. The van der Waals surface area contributed by atoms with Crippen molar-refractivity contribution in [2.45, 2.75) is 13.0 Å². The van der Waals surface area contributed by atoms with Gasteiger partial charge in [-0.15, -0.1) is 0 Å². The molecule has 0 saturated carbocycles. The van der Waals surface area contributed by atoms with Crippen molar-refractivity contribution in [1.82, 2.24) is 19.8 Å². The van der Waals surface area contributed by atoms with Crippen molar-refractivity contribution >= 4 is 22.5 Å². The predicted molar refractivity (Wildman–Crippen MR) is 139 cm³/mol. The Morgan fingerprint density at radius 1 is 1.00 bits per heavy atom. The molecule has 192 valence electrons. The van der Waals surface area contributed by atoms with Crippen molar-refractivity contribution in [3.8, 4) is 5.75 Å². The number of fused-ring (bicyclic) bond motifs is 1. The lowest BCUT2D eigenvalue weighted by Gasteiger charge is -2.36. The van der Waals surface area contributed by atoms with Crippen LogP contribution >= 0.6 is 0 Å². The molecule has 2 N–H and O–H groups in total. The summed E-state index contributed by atoms with van der Waals surface area (Å²) in [6.07, 6.45) is 0.836. The number of aromatic nitrogens is 2. The maximum atomic E-state index is 12.6. The second kappa shape index (κ2) is 11.9. The molecule has 1 aliphatic rings. The third kappa shape index (κ3) is 5.95. The third-order valence-electron chi connectivity index (χ3n) is 6.51. The Morgan fingerprint density at radius 2 is 1.75 bits per heavy atom. The highest BCUT2D eigenvalue weighted by molar-refractivity contribution is 5.97. The van der Waals surface area contributed by atoms with Gasteiger partial charge in [-0.1, -0.05) is 0 Å². The molecular formula is C26H33N5O5. The van der Waals surface area contributed by atoms with Crippen molar-refractivity contribution < 1.29 is 14.3 Å². The zero-order valence-corrected chi connectivity index (χ0v) is 20.8. The second-order valence-corrected chi connectivity index (χ2v) is 8.78. The summed E-state index contributed by atoms with van der Waals surface area (Å²) in [4.78, 5) is 45.0. The second-order valence-electron chi connectivity index (χ2n) is 8.78. The van der Waals surface area contributed by atoms with E-state index >= 15 is 0 Å². The highest BCUT2D eigenvalue weighted by Gasteiger charge is 2.17. The molecule has 0 aliphatic carbocycles. The number of anilines is 1. The van der Waals surface area contributed by atoms with E-state index in [0.717, 1.165) is 49.5 Å². The van der Waals surface area contributed by atoms with Crippen molar-refractivity contribution in [3.05, 3.63) is 68.9 Å². The van der Waals surface area contributed by atoms with Crippen LogP contribution < -0.4 is 26.2 Å². The minimum atomic E-state index is -0.519. The number of ether oxygens (including phenoxy) is 2. The number of aromatic amines is 1. The highest BCUT2D eigenvalue weighted by Crippen LogP contribution is 2.20. The standard InChI is InChI=1S/C26H33N5O5/c1-35-17-16-31-25(33)22-9-4-19(18-23(22)28-26(31)34)24(32)27-10-3-11-29-12-14-30(15-13-29)20-5-7-21(36-2)8-6-20/h4-9,18H,3,10-17H2,1-2H3,(H,27,32)(H,28,34). The number of hydrogen-bond acceptors (Lipinski definition) is 7. The predicted octanol–water partition coefficient (Wildman–Crippen LogP) is 1.29. The SMILES string of the molecule is COCCn1c(=O)[nH]c2cc(C(=O)NCCCN3CCN(c4ccc(OC)cc4)CC3)ccc2c1=O. The van der Waals surface area contributed by atoms with Gasteiger partial charge < -0.3 is 24.7 Å². The number of amides is 1. The fraction of sp³-hybridized carbons (Fsp3) is 0.423. The van der Waals surface area contributed by atoms with Gasteiger partial charge in [0.05, 0.1) is 31.2 Å². The third-order valence-corrected chi connectivity index (χ3v) is 6.51. The summed E-state index contributed by atoms with van der Waals surface area (Å²) in [5.74, 6) is 0.628. The first-order valence-corrected chi connectivity index (χ1v) is 12.2. The van der Waals surface area contributed by atoms with Gasteiger partial charge in [-0.2, -0.15) is 0 Å². The molecule has 0 bridgehead atoms. The molecule has 0 unspecified atom stereocenters. The normalized spacial score (nSPS) is 14.2. The van der Waals surface area contributed by atoms with E-state index in [1.807, 2.05) is 12.1 Å². The van der Waals surface area contributed by atoms with Crippen LogP contribution in [0.15, 0.2) is 52.1 Å². The van der Waals surface area contributed by atoms with Gasteiger partial charge in [-0.25, -0.2) is 4.79 Å². The number of nitrogens with zero attached hydrogens (tertiary/aromatic N) is 3. The quantitative estimate of drug-likeness (QED) is 0.408. The molecule has 1 amide bonds. The lowest BCUT2D eigenvalue weighted by Crippen LogP contribution is -2.47. The van der Waals surface area contributed by atoms with Gasteiger partial charge in [0, 0.05) is 51.1 Å². The number of methoxy groups -OCH3 is 2. The Hall–Kier alpha value is -3.63. The van der Waals surface area contributed by atoms with E-state index in [2.05, 4.69) is 32.2 Å². The van der Waals surface area contributed by atoms with E-state index in [4.69, 9.17) is 9.47 Å². The van der Waals surface area contributed by atoms with Gasteiger partial charge >= 0.3 is 5.69 Å². The Kier molecular flexibility index (Phi) is 8.40. The van der Waals surface area contributed by atoms with Gasteiger partial charge in [-0.05, 0) is 55.4 Å². The van der Waals surface area contributed by atoms with Crippen LogP contribution in [-0.2, 0) is 11.3 Å². The van der Waals surface area contributed by atoms with Crippen molar-refractivity contribution in [3.63, 3.8) is 0 Å². The fourth-order valence-corrected chi connectivity index (χ4v) is 4.41. The summed E-state index contributed by atoms with van der Waals surface area (Å²) in [7, 11) is 3.18. The van der Waals surface area contributed by atoms with E-state index in [1.165, 1.54) is 12.8 Å². The zero-order chi connectivity index (χ0) is 25.5. The van der Waals surface area contributed by atoms with Gasteiger partial charge in [0.25, 0.3) is 11.5 Å². The Balaban J connectivity index is 1.25.